The minimum atomic E-state index is -4.47. The number of nitrogens with one attached hydrogen (secondary N) is 1. The molecule has 3 aromatic rings. The first-order valence-electron chi connectivity index (χ1n) is 8.97. The van der Waals surface area contributed by atoms with Gasteiger partial charge in [0.15, 0.2) is 0 Å². The Bertz CT molecular complexity index is 1290. The van der Waals surface area contributed by atoms with Crippen LogP contribution in [0.25, 0.3) is 10.8 Å². The average Bonchev–Trinajstić information content (AvgIpc) is 3.12. The first-order chi connectivity index (χ1) is 14.4. The Labute approximate surface area is 187 Å². The highest BCUT2D eigenvalue weighted by molar-refractivity contribution is 8.01. The topological polar surface area (TPSA) is 84.2 Å². The quantitative estimate of drug-likeness (QED) is 0.536. The van der Waals surface area contributed by atoms with E-state index in [2.05, 4.69) is 10.4 Å². The van der Waals surface area contributed by atoms with E-state index in [1.165, 1.54) is 29.2 Å². The summed E-state index contributed by atoms with van der Waals surface area (Å²) in [4.78, 5) is 24.8. The molecule has 0 saturated heterocycles. The minimum absolute atomic E-state index is 0.0136. The number of aryl methyl sites for hydroxylation is 1. The lowest BCUT2D eigenvalue weighted by atomic mass is 10.1. The van der Waals surface area contributed by atoms with Gasteiger partial charge in [0.25, 0.3) is 5.56 Å². The number of alkyl halides is 3. The van der Waals surface area contributed by atoms with Crippen LogP contribution < -0.4 is 10.9 Å². The molecule has 3 heterocycles. The number of hydrogen-bond donors (Lipinski definition) is 2. The molecule has 0 saturated carbocycles. The van der Waals surface area contributed by atoms with Crippen molar-refractivity contribution in [3.05, 3.63) is 49.0 Å². The molecule has 1 aromatic carbocycles. The number of aliphatic carboxylic acids is 1. The fraction of sp³-hybridized carbons (Fsp3) is 0.316. The van der Waals surface area contributed by atoms with Crippen molar-refractivity contribution in [1.29, 1.82) is 0 Å². The summed E-state index contributed by atoms with van der Waals surface area (Å²) in [5, 5.41) is 17.2. The van der Waals surface area contributed by atoms with E-state index >= 15 is 0 Å². The molecule has 1 aliphatic heterocycles. The van der Waals surface area contributed by atoms with Gasteiger partial charge in [-0.2, -0.15) is 18.3 Å². The average molecular weight is 490 g/mol. The molecule has 12 heteroatoms. The molecule has 0 fully saturated rings. The maximum atomic E-state index is 13.1. The SMILES string of the molecule is Cc1sc(Cl)c2c(=O)n(CC3(C)Nc4cc(C(F)(F)F)ccc4S3)nc(CC(=O)O)c12. The molecule has 1 aliphatic rings. The number of aromatic nitrogens is 2. The van der Waals surface area contributed by atoms with Crippen LogP contribution >= 0.6 is 34.7 Å². The molecular weight excluding hydrogens is 475 g/mol. The van der Waals surface area contributed by atoms with Crippen molar-refractivity contribution in [2.75, 3.05) is 5.32 Å². The number of carboxylic acid groups (broad SMARTS) is 1. The van der Waals surface area contributed by atoms with Crippen molar-refractivity contribution in [1.82, 2.24) is 9.78 Å². The zero-order valence-corrected chi connectivity index (χ0v) is 18.5. The number of thioether (sulfide) groups is 1. The first-order valence-corrected chi connectivity index (χ1v) is 11.0. The molecule has 6 nitrogen and oxygen atoms in total. The number of hydrogen-bond acceptors (Lipinski definition) is 6. The van der Waals surface area contributed by atoms with E-state index in [0.717, 1.165) is 16.8 Å². The lowest BCUT2D eigenvalue weighted by Gasteiger charge is -2.25. The van der Waals surface area contributed by atoms with Gasteiger partial charge >= 0.3 is 12.1 Å². The van der Waals surface area contributed by atoms with Gasteiger partial charge in [-0.25, -0.2) is 4.68 Å². The van der Waals surface area contributed by atoms with Crippen LogP contribution in [0.1, 0.15) is 23.1 Å². The van der Waals surface area contributed by atoms with Crippen molar-refractivity contribution in [2.24, 2.45) is 0 Å². The van der Waals surface area contributed by atoms with E-state index in [0.29, 0.717) is 20.8 Å². The van der Waals surface area contributed by atoms with Crippen LogP contribution in [-0.2, 0) is 23.9 Å². The number of nitrogens with zero attached hydrogens (tertiary/aromatic N) is 2. The van der Waals surface area contributed by atoms with Gasteiger partial charge < -0.3 is 10.4 Å². The number of benzene rings is 1. The summed E-state index contributed by atoms with van der Waals surface area (Å²) in [5.74, 6) is -1.10. The van der Waals surface area contributed by atoms with Crippen molar-refractivity contribution >= 4 is 57.1 Å². The van der Waals surface area contributed by atoms with Gasteiger partial charge in [-0.3, -0.25) is 9.59 Å². The van der Waals surface area contributed by atoms with Crippen molar-refractivity contribution in [3.63, 3.8) is 0 Å². The monoisotopic (exact) mass is 489 g/mol. The number of anilines is 1. The summed E-state index contributed by atoms with van der Waals surface area (Å²) in [5.41, 5.74) is -0.725. The second kappa shape index (κ2) is 7.42. The molecule has 0 bridgehead atoms. The normalized spacial score (nSPS) is 18.3. The van der Waals surface area contributed by atoms with Crippen LogP contribution in [0.2, 0.25) is 4.34 Å². The molecule has 31 heavy (non-hydrogen) atoms. The smallest absolute Gasteiger partial charge is 0.416 e. The van der Waals surface area contributed by atoms with Gasteiger partial charge in [-0.1, -0.05) is 23.4 Å². The summed E-state index contributed by atoms with van der Waals surface area (Å²) in [6.07, 6.45) is -4.86. The van der Waals surface area contributed by atoms with Crippen LogP contribution in [0.3, 0.4) is 0 Å². The molecule has 4 rings (SSSR count). The van der Waals surface area contributed by atoms with E-state index in [9.17, 15) is 27.9 Å². The van der Waals surface area contributed by atoms with E-state index in [-0.39, 0.29) is 22.0 Å². The third-order valence-corrected chi connectivity index (χ3v) is 7.40. The maximum Gasteiger partial charge on any atom is 0.416 e. The summed E-state index contributed by atoms with van der Waals surface area (Å²) in [7, 11) is 0. The van der Waals surface area contributed by atoms with Crippen LogP contribution in [0.4, 0.5) is 18.9 Å². The first kappa shape index (κ1) is 22.0. The molecule has 2 aromatic heterocycles. The number of halogens is 4. The van der Waals surface area contributed by atoms with E-state index < -0.39 is 34.6 Å². The Hall–Kier alpha value is -2.24. The molecule has 1 atom stereocenters. The Balaban J connectivity index is 1.74. The van der Waals surface area contributed by atoms with Gasteiger partial charge in [-0.05, 0) is 32.0 Å². The highest BCUT2D eigenvalue weighted by Gasteiger charge is 2.38. The van der Waals surface area contributed by atoms with Gasteiger partial charge in [-0.15, -0.1) is 11.3 Å². The van der Waals surface area contributed by atoms with Gasteiger partial charge in [0, 0.05) is 20.8 Å². The van der Waals surface area contributed by atoms with Crippen LogP contribution in [-0.4, -0.2) is 25.7 Å². The molecule has 0 spiro atoms. The fourth-order valence-corrected chi connectivity index (χ4v) is 6.19. The number of thiophene rings is 1. The molecule has 0 radical (unpaired) electrons. The lowest BCUT2D eigenvalue weighted by molar-refractivity contribution is -0.138. The summed E-state index contributed by atoms with van der Waals surface area (Å²) < 4.78 is 40.5. The second-order valence-corrected chi connectivity index (χ2v) is 10.7. The van der Waals surface area contributed by atoms with Crippen molar-refractivity contribution in [3.8, 4) is 0 Å². The zero-order chi connectivity index (χ0) is 22.7. The van der Waals surface area contributed by atoms with E-state index in [1.807, 2.05) is 0 Å². The standard InChI is InChI=1S/C19H15ClF3N3O3S2/c1-8-14-11(6-13(27)28)25-26(17(29)15(14)16(20)30-8)7-18(2)24-10-5-9(19(21,22)23)3-4-12(10)31-18/h3-5,24H,6-7H2,1-2H3,(H,27,28). The minimum Gasteiger partial charge on any atom is -0.481 e. The fourth-order valence-electron chi connectivity index (χ4n) is 3.60. The Morgan fingerprint density at radius 3 is 2.71 bits per heavy atom. The van der Waals surface area contributed by atoms with Crippen molar-refractivity contribution < 1.29 is 23.1 Å². The molecule has 0 amide bonds. The number of fused-ring (bicyclic) bond motifs is 2. The van der Waals surface area contributed by atoms with Crippen LogP contribution in [0.5, 0.6) is 0 Å². The summed E-state index contributed by atoms with van der Waals surface area (Å²) in [6.45, 7) is 3.46. The number of rotatable bonds is 4. The third kappa shape index (κ3) is 4.01. The largest absolute Gasteiger partial charge is 0.481 e. The Morgan fingerprint density at radius 2 is 2.06 bits per heavy atom. The van der Waals surface area contributed by atoms with Crippen molar-refractivity contribution in [2.45, 2.75) is 42.8 Å². The second-order valence-electron chi connectivity index (χ2n) is 7.33. The van der Waals surface area contributed by atoms with E-state index in [1.54, 1.807) is 13.8 Å². The molecule has 2 N–H and O–H groups in total. The van der Waals surface area contributed by atoms with Gasteiger partial charge in [0.1, 0.15) is 9.21 Å². The summed E-state index contributed by atoms with van der Waals surface area (Å²) >= 11 is 8.70. The highest BCUT2D eigenvalue weighted by Crippen LogP contribution is 2.47. The van der Waals surface area contributed by atoms with Gasteiger partial charge in [0.05, 0.1) is 29.6 Å². The number of carbonyl (C=O) groups is 1. The predicted molar refractivity (Wildman–Crippen MR) is 114 cm³/mol. The predicted octanol–water partition coefficient (Wildman–Crippen LogP) is 5.00. The van der Waals surface area contributed by atoms with E-state index in [4.69, 9.17) is 11.6 Å². The molecule has 164 valence electrons. The Morgan fingerprint density at radius 1 is 1.35 bits per heavy atom. The lowest BCUT2D eigenvalue weighted by Crippen LogP contribution is -2.38. The highest BCUT2D eigenvalue weighted by atomic mass is 35.5. The summed E-state index contributed by atoms with van der Waals surface area (Å²) in [6, 6.07) is 3.42. The molecule has 0 aliphatic carbocycles. The Kier molecular flexibility index (Phi) is 5.26. The van der Waals surface area contributed by atoms with Crippen LogP contribution in [0.15, 0.2) is 27.9 Å². The van der Waals surface area contributed by atoms with Gasteiger partial charge in [0.2, 0.25) is 0 Å². The molecule has 1 unspecified atom stereocenters. The third-order valence-electron chi connectivity index (χ3n) is 4.83. The maximum absolute atomic E-state index is 13.1. The zero-order valence-electron chi connectivity index (χ0n) is 16.1. The molecular formula is C19H15ClF3N3O3S2. The van der Waals surface area contributed by atoms with Crippen LogP contribution in [0, 0.1) is 6.92 Å². The number of carboxylic acids is 1.